The zero-order chi connectivity index (χ0) is 16.1. The molecule has 3 rings (SSSR count). The van der Waals surface area contributed by atoms with Crippen molar-refractivity contribution in [1.29, 1.82) is 0 Å². The highest BCUT2D eigenvalue weighted by Gasteiger charge is 2.11. The third kappa shape index (κ3) is 3.57. The van der Waals surface area contributed by atoms with Gasteiger partial charge in [0.1, 0.15) is 5.75 Å². The molecule has 7 heteroatoms. The Morgan fingerprint density at radius 3 is 2.74 bits per heavy atom. The van der Waals surface area contributed by atoms with Gasteiger partial charge < -0.3 is 9.47 Å². The second kappa shape index (κ2) is 6.78. The van der Waals surface area contributed by atoms with E-state index in [1.165, 1.54) is 4.52 Å². The van der Waals surface area contributed by atoms with Crippen molar-refractivity contribution in [3.05, 3.63) is 48.5 Å². The molecule has 1 amide bonds. The summed E-state index contributed by atoms with van der Waals surface area (Å²) in [6.07, 6.45) is 0. The smallest absolute Gasteiger partial charge is 0.264 e. The van der Waals surface area contributed by atoms with Crippen LogP contribution in [0.3, 0.4) is 0 Å². The van der Waals surface area contributed by atoms with Crippen LogP contribution in [0.15, 0.2) is 48.5 Å². The standard InChI is InChI=1S/C16H16N4O3/c1-2-22-15-10-6-9-13-17-16(19-20(13)15)18-14(21)11-23-12-7-4-3-5-8-12/h3-10H,2,11H2,1H3,(H,18,19,21). The average Bonchev–Trinajstić information content (AvgIpc) is 2.97. The monoisotopic (exact) mass is 312 g/mol. The molecular weight excluding hydrogens is 296 g/mol. The van der Waals surface area contributed by atoms with Crippen LogP contribution in [0.5, 0.6) is 11.6 Å². The van der Waals surface area contributed by atoms with E-state index in [2.05, 4.69) is 15.4 Å². The fraction of sp³-hybridized carbons (Fsp3) is 0.188. The fourth-order valence-electron chi connectivity index (χ4n) is 2.02. The number of anilines is 1. The number of fused-ring (bicyclic) bond motifs is 1. The number of ether oxygens (including phenoxy) is 2. The molecule has 0 spiro atoms. The Hall–Kier alpha value is -3.09. The summed E-state index contributed by atoms with van der Waals surface area (Å²) in [5, 5.41) is 6.83. The molecule has 0 aliphatic heterocycles. The summed E-state index contributed by atoms with van der Waals surface area (Å²) in [7, 11) is 0. The molecule has 0 saturated heterocycles. The van der Waals surface area contributed by atoms with Gasteiger partial charge in [0.05, 0.1) is 6.61 Å². The van der Waals surface area contributed by atoms with Crippen LogP contribution in [0.4, 0.5) is 5.95 Å². The first-order valence-electron chi connectivity index (χ1n) is 7.22. The van der Waals surface area contributed by atoms with Crippen LogP contribution in [0.25, 0.3) is 5.65 Å². The van der Waals surface area contributed by atoms with E-state index >= 15 is 0 Å². The molecular formula is C16H16N4O3. The first-order chi connectivity index (χ1) is 11.3. The minimum absolute atomic E-state index is 0.113. The zero-order valence-corrected chi connectivity index (χ0v) is 12.6. The van der Waals surface area contributed by atoms with Gasteiger partial charge in [0.15, 0.2) is 12.3 Å². The Labute approximate surface area is 132 Å². The molecule has 7 nitrogen and oxygen atoms in total. The van der Waals surface area contributed by atoms with E-state index < -0.39 is 0 Å². The van der Waals surface area contributed by atoms with E-state index in [0.717, 1.165) is 0 Å². The lowest BCUT2D eigenvalue weighted by atomic mass is 10.3. The molecule has 1 N–H and O–H groups in total. The van der Waals surface area contributed by atoms with Gasteiger partial charge in [0, 0.05) is 6.07 Å². The van der Waals surface area contributed by atoms with Gasteiger partial charge in [-0.05, 0) is 25.1 Å². The van der Waals surface area contributed by atoms with E-state index in [-0.39, 0.29) is 18.5 Å². The molecule has 118 valence electrons. The van der Waals surface area contributed by atoms with Crippen molar-refractivity contribution in [2.45, 2.75) is 6.92 Å². The number of nitrogens with one attached hydrogen (secondary N) is 1. The van der Waals surface area contributed by atoms with Gasteiger partial charge in [-0.15, -0.1) is 5.10 Å². The van der Waals surface area contributed by atoms with Crippen molar-refractivity contribution in [2.24, 2.45) is 0 Å². The number of aromatic nitrogens is 3. The third-order valence-electron chi connectivity index (χ3n) is 2.98. The number of nitrogens with zero attached hydrogens (tertiary/aromatic N) is 3. The summed E-state index contributed by atoms with van der Waals surface area (Å²) in [6, 6.07) is 14.5. The zero-order valence-electron chi connectivity index (χ0n) is 12.6. The molecule has 0 unspecified atom stereocenters. The number of benzene rings is 1. The molecule has 0 bridgehead atoms. The van der Waals surface area contributed by atoms with Crippen molar-refractivity contribution >= 4 is 17.5 Å². The summed E-state index contributed by atoms with van der Waals surface area (Å²) in [6.45, 7) is 2.29. The number of carbonyl (C=O) groups is 1. The molecule has 2 aromatic heterocycles. The first-order valence-corrected chi connectivity index (χ1v) is 7.22. The Balaban J connectivity index is 1.66. The minimum atomic E-state index is -0.331. The highest BCUT2D eigenvalue weighted by Crippen LogP contribution is 2.15. The molecule has 3 aromatic rings. The fourth-order valence-corrected chi connectivity index (χ4v) is 2.02. The summed E-state index contributed by atoms with van der Waals surface area (Å²) in [4.78, 5) is 16.2. The number of amides is 1. The lowest BCUT2D eigenvalue weighted by Crippen LogP contribution is -2.20. The predicted octanol–water partition coefficient (Wildman–Crippen LogP) is 2.15. The number of hydrogen-bond donors (Lipinski definition) is 1. The van der Waals surface area contributed by atoms with Crippen LogP contribution in [0, 0.1) is 0 Å². The van der Waals surface area contributed by atoms with E-state index in [1.807, 2.05) is 31.2 Å². The highest BCUT2D eigenvalue weighted by molar-refractivity contribution is 5.90. The number of rotatable bonds is 6. The maximum atomic E-state index is 11.9. The van der Waals surface area contributed by atoms with Crippen molar-refractivity contribution in [2.75, 3.05) is 18.5 Å². The lowest BCUT2D eigenvalue weighted by Gasteiger charge is -2.04. The molecule has 2 heterocycles. The molecule has 0 saturated carbocycles. The number of carbonyl (C=O) groups excluding carboxylic acids is 1. The van der Waals surface area contributed by atoms with Gasteiger partial charge in [-0.3, -0.25) is 10.1 Å². The summed E-state index contributed by atoms with van der Waals surface area (Å²) in [5.41, 5.74) is 0.593. The Morgan fingerprint density at radius 1 is 1.13 bits per heavy atom. The van der Waals surface area contributed by atoms with Crippen LogP contribution in [-0.2, 0) is 4.79 Å². The molecule has 0 atom stereocenters. The Bertz CT molecular complexity index is 801. The van der Waals surface area contributed by atoms with Gasteiger partial charge in [-0.1, -0.05) is 24.3 Å². The normalized spacial score (nSPS) is 10.5. The molecule has 0 aliphatic carbocycles. The number of para-hydroxylation sites is 1. The van der Waals surface area contributed by atoms with Crippen LogP contribution in [0.2, 0.25) is 0 Å². The van der Waals surface area contributed by atoms with Crippen LogP contribution < -0.4 is 14.8 Å². The van der Waals surface area contributed by atoms with Crippen LogP contribution in [-0.4, -0.2) is 33.7 Å². The summed E-state index contributed by atoms with van der Waals surface area (Å²) in [5.74, 6) is 1.07. The second-order valence-electron chi connectivity index (χ2n) is 4.65. The van der Waals surface area contributed by atoms with Gasteiger partial charge >= 0.3 is 0 Å². The molecule has 0 fully saturated rings. The summed E-state index contributed by atoms with van der Waals surface area (Å²) >= 11 is 0. The van der Waals surface area contributed by atoms with Gasteiger partial charge in [0.2, 0.25) is 11.8 Å². The van der Waals surface area contributed by atoms with Crippen molar-refractivity contribution in [1.82, 2.24) is 14.6 Å². The van der Waals surface area contributed by atoms with Crippen molar-refractivity contribution < 1.29 is 14.3 Å². The van der Waals surface area contributed by atoms with Gasteiger partial charge in [-0.25, -0.2) is 0 Å². The lowest BCUT2D eigenvalue weighted by molar-refractivity contribution is -0.118. The minimum Gasteiger partial charge on any atom is -0.484 e. The molecule has 0 aliphatic rings. The maximum absolute atomic E-state index is 11.9. The Morgan fingerprint density at radius 2 is 1.96 bits per heavy atom. The first kappa shape index (κ1) is 14.8. The van der Waals surface area contributed by atoms with E-state index in [4.69, 9.17) is 9.47 Å². The molecule has 1 aromatic carbocycles. The van der Waals surface area contributed by atoms with E-state index in [0.29, 0.717) is 23.9 Å². The van der Waals surface area contributed by atoms with E-state index in [1.54, 1.807) is 24.3 Å². The highest BCUT2D eigenvalue weighted by atomic mass is 16.5. The van der Waals surface area contributed by atoms with Crippen LogP contribution >= 0.6 is 0 Å². The predicted molar refractivity (Wildman–Crippen MR) is 84.7 cm³/mol. The SMILES string of the molecule is CCOc1cccc2nc(NC(=O)COc3ccccc3)nn12. The maximum Gasteiger partial charge on any atom is 0.264 e. The summed E-state index contributed by atoms with van der Waals surface area (Å²) < 4.78 is 12.4. The van der Waals surface area contributed by atoms with Crippen molar-refractivity contribution in [3.63, 3.8) is 0 Å². The molecule has 23 heavy (non-hydrogen) atoms. The van der Waals surface area contributed by atoms with Gasteiger partial charge in [-0.2, -0.15) is 9.50 Å². The second-order valence-corrected chi connectivity index (χ2v) is 4.65. The third-order valence-corrected chi connectivity index (χ3v) is 2.98. The quantitative estimate of drug-likeness (QED) is 0.754. The van der Waals surface area contributed by atoms with Crippen molar-refractivity contribution in [3.8, 4) is 11.6 Å². The van der Waals surface area contributed by atoms with Crippen LogP contribution in [0.1, 0.15) is 6.92 Å². The topological polar surface area (TPSA) is 77.8 Å². The number of pyridine rings is 1. The average molecular weight is 312 g/mol. The van der Waals surface area contributed by atoms with E-state index in [9.17, 15) is 4.79 Å². The largest absolute Gasteiger partial charge is 0.484 e. The van der Waals surface area contributed by atoms with Gasteiger partial charge in [0.25, 0.3) is 5.91 Å². The number of hydrogen-bond acceptors (Lipinski definition) is 5. The molecule has 0 radical (unpaired) electrons. The Kier molecular flexibility index (Phi) is 4.37.